The number of benzene rings is 2. The summed E-state index contributed by atoms with van der Waals surface area (Å²) in [7, 11) is 4.58. The van der Waals surface area contributed by atoms with E-state index in [0.717, 1.165) is 46.1 Å². The van der Waals surface area contributed by atoms with Gasteiger partial charge in [-0.15, -0.1) is 6.67 Å². The zero-order chi connectivity index (χ0) is 24.5. The molecule has 184 valence electrons. The van der Waals surface area contributed by atoms with Crippen LogP contribution in [0.1, 0.15) is 11.1 Å². The fraction of sp³-hybridized carbons (Fsp3) is 0.211. The summed E-state index contributed by atoms with van der Waals surface area (Å²) >= 11 is -1.82. The number of hydrogen-bond donors (Lipinski definition) is 0. The Morgan fingerprint density at radius 3 is 1.94 bits per heavy atom. The van der Waals surface area contributed by atoms with Crippen LogP contribution in [0.4, 0.5) is 5.69 Å². The Balaban J connectivity index is 0.000000238. The normalized spacial score (nSPS) is 15.8. The van der Waals surface area contributed by atoms with E-state index in [2.05, 4.69) is 13.6 Å². The van der Waals surface area contributed by atoms with Crippen LogP contribution >= 0.6 is 19.4 Å². The quantitative estimate of drug-likeness (QED) is 0.263. The number of halogens is 2. The third-order valence-corrected chi connectivity index (χ3v) is 6.29. The van der Waals surface area contributed by atoms with Crippen LogP contribution in [0.25, 0.3) is 0 Å². The van der Waals surface area contributed by atoms with Crippen LogP contribution < -0.4 is 0 Å². The van der Waals surface area contributed by atoms with E-state index >= 15 is 0 Å². The Morgan fingerprint density at radius 1 is 0.909 bits per heavy atom. The summed E-state index contributed by atoms with van der Waals surface area (Å²) in [4.78, 5) is 4.48. The molecule has 0 saturated carbocycles. The second-order valence-corrected chi connectivity index (χ2v) is 15.3. The van der Waals surface area contributed by atoms with Gasteiger partial charge in [0.1, 0.15) is 0 Å². The van der Waals surface area contributed by atoms with E-state index < -0.39 is 33.8 Å². The molecular formula is C19H22Cl2N3O6RuS2-. The molecule has 1 saturated heterocycles. The number of rotatable bonds is 7. The molecule has 2 aromatic carbocycles. The molecule has 1 heterocycles. The molecular weight excluding hydrogens is 602 g/mol. The van der Waals surface area contributed by atoms with Crippen molar-refractivity contribution in [3.8, 4) is 0 Å². The maximum atomic E-state index is 10.7. The van der Waals surface area contributed by atoms with E-state index in [0.29, 0.717) is 0 Å². The van der Waals surface area contributed by atoms with Gasteiger partial charge in [-0.25, -0.2) is 8.57 Å². The minimum absolute atomic E-state index is 0.197. The van der Waals surface area contributed by atoms with Gasteiger partial charge < -0.3 is 10.1 Å². The minimum atomic E-state index is -3.61. The molecule has 0 spiro atoms. The second kappa shape index (κ2) is 13.1. The molecule has 2 aromatic rings. The molecule has 1 aliphatic rings. The summed E-state index contributed by atoms with van der Waals surface area (Å²) in [5.74, 6) is 0. The Hall–Kier alpha value is -1.08. The van der Waals surface area contributed by atoms with Gasteiger partial charge in [0.15, 0.2) is 0 Å². The van der Waals surface area contributed by atoms with E-state index in [1.807, 2.05) is 65.4 Å². The first kappa shape index (κ1) is 28.2. The van der Waals surface area contributed by atoms with Gasteiger partial charge in [-0.2, -0.15) is 16.8 Å². The van der Waals surface area contributed by atoms with Gasteiger partial charge in [-0.1, -0.05) is 0 Å². The van der Waals surface area contributed by atoms with Gasteiger partial charge in [0.05, 0.1) is 12.5 Å². The fourth-order valence-electron chi connectivity index (χ4n) is 2.37. The molecule has 0 unspecified atom stereocenters. The molecule has 0 radical (unpaired) electrons. The predicted molar refractivity (Wildman–Crippen MR) is 127 cm³/mol. The number of hydrogen-bond acceptors (Lipinski definition) is 9. The molecule has 1 fully saturated rings. The first-order valence-corrected chi connectivity index (χ1v) is 18.2. The summed E-state index contributed by atoms with van der Waals surface area (Å²) in [6, 6.07) is 17.8. The molecule has 14 heteroatoms. The van der Waals surface area contributed by atoms with E-state index in [1.54, 1.807) is 0 Å². The maximum absolute atomic E-state index is 10.7. The monoisotopic (exact) mass is 624 g/mol. The van der Waals surface area contributed by atoms with Crippen LogP contribution in [0.3, 0.4) is 0 Å². The van der Waals surface area contributed by atoms with Crippen LogP contribution in [-0.2, 0) is 42.3 Å². The van der Waals surface area contributed by atoms with Crippen molar-refractivity contribution in [1.29, 1.82) is 0 Å². The summed E-state index contributed by atoms with van der Waals surface area (Å²) in [6.07, 6.45) is 3.62. The van der Waals surface area contributed by atoms with Crippen LogP contribution in [0.2, 0.25) is 0 Å². The molecule has 0 aromatic heterocycles. The SMILES string of the molecule is CS(=O)(=O)ON1[CH-]N(OS(C)(=O)=O)CC1.[Cl][Ru]([Cl])=[CH]c1ccccc1N=Cc1ccccc1. The van der Waals surface area contributed by atoms with Crippen molar-refractivity contribution in [3.63, 3.8) is 0 Å². The molecule has 3 rings (SSSR count). The summed E-state index contributed by atoms with van der Waals surface area (Å²) in [6.45, 7) is 1.51. The zero-order valence-corrected chi connectivity index (χ0v) is 22.4. The number of nitrogens with zero attached hydrogens (tertiary/aromatic N) is 3. The molecule has 9 nitrogen and oxygen atoms in total. The van der Waals surface area contributed by atoms with Gasteiger partial charge in [0, 0.05) is 13.1 Å². The van der Waals surface area contributed by atoms with Crippen molar-refractivity contribution in [2.45, 2.75) is 0 Å². The number of para-hydroxylation sites is 1. The van der Waals surface area contributed by atoms with Gasteiger partial charge in [-0.3, -0.25) is 0 Å². The first-order chi connectivity index (χ1) is 15.4. The van der Waals surface area contributed by atoms with Crippen LogP contribution in [0.15, 0.2) is 59.6 Å². The molecule has 0 amide bonds. The van der Waals surface area contributed by atoms with Crippen molar-refractivity contribution in [3.05, 3.63) is 72.4 Å². The number of hydroxylamine groups is 4. The van der Waals surface area contributed by atoms with Crippen molar-refractivity contribution in [2.24, 2.45) is 4.99 Å². The predicted octanol–water partition coefficient (Wildman–Crippen LogP) is 3.02. The van der Waals surface area contributed by atoms with E-state index in [1.165, 1.54) is 0 Å². The van der Waals surface area contributed by atoms with Crippen LogP contribution in [0, 0.1) is 6.67 Å². The van der Waals surface area contributed by atoms with Crippen molar-refractivity contribution in [2.75, 3.05) is 25.6 Å². The molecule has 0 bridgehead atoms. The summed E-state index contributed by atoms with van der Waals surface area (Å²) < 4.78 is 53.7. The Bertz CT molecular complexity index is 1150. The summed E-state index contributed by atoms with van der Waals surface area (Å²) in [5.41, 5.74) is 2.95. The zero-order valence-electron chi connectivity index (χ0n) is 17.6. The molecule has 33 heavy (non-hydrogen) atoms. The Morgan fingerprint density at radius 2 is 1.42 bits per heavy atom. The van der Waals surface area contributed by atoms with Crippen molar-refractivity contribution >= 4 is 56.1 Å². The van der Waals surface area contributed by atoms with Crippen molar-refractivity contribution < 1.29 is 38.9 Å². The van der Waals surface area contributed by atoms with Gasteiger partial charge >= 0.3 is 120 Å². The Labute approximate surface area is 207 Å². The molecule has 0 aliphatic carbocycles. The average molecular weight is 625 g/mol. The molecule has 0 N–H and O–H groups in total. The third kappa shape index (κ3) is 12.3. The fourth-order valence-corrected chi connectivity index (χ4v) is 5.11. The van der Waals surface area contributed by atoms with Crippen LogP contribution in [-0.4, -0.2) is 63.4 Å². The molecule has 1 aliphatic heterocycles. The second-order valence-electron chi connectivity index (χ2n) is 6.49. The molecule has 0 atom stereocenters. The van der Waals surface area contributed by atoms with E-state index in [4.69, 9.17) is 19.4 Å². The summed E-state index contributed by atoms with van der Waals surface area (Å²) in [5, 5.41) is 1.95. The Kier molecular flexibility index (Phi) is 11.2. The van der Waals surface area contributed by atoms with Gasteiger partial charge in [0.2, 0.25) is 0 Å². The van der Waals surface area contributed by atoms with Crippen LogP contribution in [0.5, 0.6) is 0 Å². The first-order valence-electron chi connectivity index (χ1n) is 9.10. The van der Waals surface area contributed by atoms with Gasteiger partial charge in [-0.05, 0) is 0 Å². The number of aliphatic imine (C=N–C) groups is 1. The van der Waals surface area contributed by atoms with Crippen molar-refractivity contribution in [1.82, 2.24) is 10.1 Å². The topological polar surface area (TPSA) is 106 Å². The average Bonchev–Trinajstić information content (AvgIpc) is 3.11. The van der Waals surface area contributed by atoms with E-state index in [9.17, 15) is 16.8 Å². The standard InChI is InChI=1S/C14H11N.C5H11N2O6S2.2ClH.Ru/c1-12-7-5-6-10-14(12)15-11-13-8-3-2-4-9-13;1-14(8,9)12-6-3-4-7(5-6)13-15(2,10)11;;;/h1-11H;5H,3-4H2,1-2H3;2*1H;/q;-1;;;+2/p-2. The van der Waals surface area contributed by atoms with Gasteiger partial charge in [0.25, 0.3) is 20.2 Å². The third-order valence-electron chi connectivity index (χ3n) is 3.54. The van der Waals surface area contributed by atoms with E-state index in [-0.39, 0.29) is 13.1 Å².